The van der Waals surface area contributed by atoms with Crippen molar-refractivity contribution < 1.29 is 73.8 Å². The van der Waals surface area contributed by atoms with Crippen molar-refractivity contribution in [1.82, 2.24) is 4.98 Å². The Morgan fingerprint density at radius 1 is 1.29 bits per heavy atom. The second-order valence-corrected chi connectivity index (χ2v) is 5.65. The van der Waals surface area contributed by atoms with E-state index in [9.17, 15) is 12.9 Å². The number of hydrogen-bond donors (Lipinski definition) is 0. The fourth-order valence-corrected chi connectivity index (χ4v) is 2.87. The first kappa shape index (κ1) is 17.8. The summed E-state index contributed by atoms with van der Waals surface area (Å²) in [4.78, 5) is 3.63. The molecule has 1 aromatic heterocycles. The molecule has 2 fully saturated rings. The van der Waals surface area contributed by atoms with Crippen LogP contribution in [0.4, 0.5) is 12.9 Å². The van der Waals surface area contributed by atoms with Crippen LogP contribution in [0.1, 0.15) is 32.1 Å². The van der Waals surface area contributed by atoms with Gasteiger partial charge in [-0.2, -0.15) is 0 Å². The first-order chi connectivity index (χ1) is 9.47. The molecule has 1 unspecified atom stereocenters. The third kappa shape index (κ3) is 4.23. The Morgan fingerprint density at radius 3 is 2.67 bits per heavy atom. The smallest absolute Gasteiger partial charge is 0.489 e. The maximum absolute atomic E-state index is 12.7. The van der Waals surface area contributed by atoms with Crippen molar-refractivity contribution in [3.05, 3.63) is 18.5 Å². The standard InChI is InChI=1S/C13H16BF3NO2.K/c15-14(16,17)10-6-12(9-18-8-10)20-11-2-5-19-13(7-11)3-1-4-13;/h6,8-9,11H,1-5,7H2;/q-1;+1. The first-order valence-corrected chi connectivity index (χ1v) is 6.92. The Hall–Kier alpha value is 0.401. The van der Waals surface area contributed by atoms with Crippen LogP contribution in [0, 0.1) is 0 Å². The average Bonchev–Trinajstić information content (AvgIpc) is 2.36. The zero-order valence-corrected chi connectivity index (χ0v) is 15.2. The minimum atomic E-state index is -5.04. The second-order valence-electron chi connectivity index (χ2n) is 5.65. The number of aromatic nitrogens is 1. The predicted octanol–water partition coefficient (Wildman–Crippen LogP) is -0.379. The van der Waals surface area contributed by atoms with Crippen molar-refractivity contribution in [1.29, 1.82) is 0 Å². The van der Waals surface area contributed by atoms with Gasteiger partial charge in [-0.1, -0.05) is 5.46 Å². The second kappa shape index (κ2) is 6.88. The molecule has 0 aromatic carbocycles. The van der Waals surface area contributed by atoms with Gasteiger partial charge in [0.05, 0.1) is 18.4 Å². The molecule has 0 bridgehead atoms. The topological polar surface area (TPSA) is 31.4 Å². The van der Waals surface area contributed by atoms with Crippen LogP contribution < -0.4 is 61.6 Å². The number of pyridine rings is 1. The molecule has 110 valence electrons. The van der Waals surface area contributed by atoms with E-state index in [0.717, 1.165) is 37.9 Å². The predicted molar refractivity (Wildman–Crippen MR) is 69.1 cm³/mol. The molecule has 3 rings (SSSR count). The summed E-state index contributed by atoms with van der Waals surface area (Å²) in [6.45, 7) is -4.42. The maximum Gasteiger partial charge on any atom is 1.00 e. The zero-order valence-electron chi connectivity index (χ0n) is 12.0. The number of rotatable bonds is 3. The molecule has 8 heteroatoms. The van der Waals surface area contributed by atoms with E-state index in [2.05, 4.69) is 4.98 Å². The van der Waals surface area contributed by atoms with Gasteiger partial charge in [0.1, 0.15) is 11.9 Å². The molecule has 2 aliphatic rings. The van der Waals surface area contributed by atoms with Crippen molar-refractivity contribution in [2.24, 2.45) is 0 Å². The molecule has 1 aliphatic heterocycles. The third-order valence-corrected chi connectivity index (χ3v) is 4.13. The fourth-order valence-electron chi connectivity index (χ4n) is 2.87. The molecule has 1 aliphatic carbocycles. The van der Waals surface area contributed by atoms with E-state index in [1.807, 2.05) is 0 Å². The van der Waals surface area contributed by atoms with E-state index >= 15 is 0 Å². The van der Waals surface area contributed by atoms with Crippen molar-refractivity contribution in [3.8, 4) is 5.75 Å². The van der Waals surface area contributed by atoms with Crippen LogP contribution in [0.15, 0.2) is 18.5 Å². The van der Waals surface area contributed by atoms with Crippen LogP contribution in [0.5, 0.6) is 5.75 Å². The molecule has 1 saturated carbocycles. The van der Waals surface area contributed by atoms with Gasteiger partial charge in [0.15, 0.2) is 0 Å². The summed E-state index contributed by atoms with van der Waals surface area (Å²) in [6, 6.07) is 1.04. The summed E-state index contributed by atoms with van der Waals surface area (Å²) in [5.41, 5.74) is -0.796. The van der Waals surface area contributed by atoms with Gasteiger partial charge < -0.3 is 22.4 Å². The molecule has 0 N–H and O–H groups in total. The molecular formula is C13H16BF3KNO2. The Balaban J connectivity index is 0.00000161. The van der Waals surface area contributed by atoms with E-state index in [4.69, 9.17) is 9.47 Å². The normalized spacial score (nSPS) is 24.0. The summed E-state index contributed by atoms with van der Waals surface area (Å²) in [5, 5.41) is 0. The molecule has 1 atom stereocenters. The van der Waals surface area contributed by atoms with Crippen LogP contribution in [-0.4, -0.2) is 30.3 Å². The summed E-state index contributed by atoms with van der Waals surface area (Å²) >= 11 is 0. The number of ether oxygens (including phenoxy) is 2. The first-order valence-electron chi connectivity index (χ1n) is 6.92. The molecule has 0 amide bonds. The monoisotopic (exact) mass is 325 g/mol. The van der Waals surface area contributed by atoms with Gasteiger partial charge in [0.2, 0.25) is 0 Å². The Bertz CT molecular complexity index is 497. The molecule has 21 heavy (non-hydrogen) atoms. The largest absolute Gasteiger partial charge is 1.00 e. The zero-order chi connectivity index (χ0) is 14.2. The average molecular weight is 325 g/mol. The molecule has 1 aromatic rings. The van der Waals surface area contributed by atoms with Gasteiger partial charge in [-0.15, -0.1) is 0 Å². The summed E-state index contributed by atoms with van der Waals surface area (Å²) in [6.07, 6.45) is 6.77. The minimum Gasteiger partial charge on any atom is -0.489 e. The van der Waals surface area contributed by atoms with Crippen molar-refractivity contribution >= 4 is 12.4 Å². The van der Waals surface area contributed by atoms with E-state index in [1.165, 1.54) is 6.20 Å². The molecule has 0 radical (unpaired) electrons. The van der Waals surface area contributed by atoms with Crippen LogP contribution in [0.2, 0.25) is 0 Å². The van der Waals surface area contributed by atoms with Crippen LogP contribution in [-0.2, 0) is 4.74 Å². The van der Waals surface area contributed by atoms with Gasteiger partial charge >= 0.3 is 58.4 Å². The molecule has 2 heterocycles. The van der Waals surface area contributed by atoms with E-state index in [1.54, 1.807) is 0 Å². The summed E-state index contributed by atoms with van der Waals surface area (Å²) in [5.74, 6) is 0.197. The maximum atomic E-state index is 12.7. The van der Waals surface area contributed by atoms with Gasteiger partial charge in [0.25, 0.3) is 0 Å². The molecular weight excluding hydrogens is 309 g/mol. The summed E-state index contributed by atoms with van der Waals surface area (Å²) < 4.78 is 49.5. The fraction of sp³-hybridized carbons (Fsp3) is 0.615. The Kier molecular flexibility index (Phi) is 5.82. The van der Waals surface area contributed by atoms with Gasteiger partial charge in [-0.3, -0.25) is 4.98 Å². The molecule has 3 nitrogen and oxygen atoms in total. The third-order valence-electron chi connectivity index (χ3n) is 4.13. The SMILES string of the molecule is F[B-](F)(F)c1cncc(OC2CCOC3(CCC3)C2)c1.[K+]. The van der Waals surface area contributed by atoms with Gasteiger partial charge in [-0.05, 0) is 25.3 Å². The molecule has 1 spiro atoms. The van der Waals surface area contributed by atoms with Crippen molar-refractivity contribution in [2.75, 3.05) is 6.61 Å². The van der Waals surface area contributed by atoms with Crippen molar-refractivity contribution in [2.45, 2.75) is 43.8 Å². The number of nitrogens with zero attached hydrogens (tertiary/aromatic N) is 1. The Morgan fingerprint density at radius 2 is 2.05 bits per heavy atom. The van der Waals surface area contributed by atoms with Gasteiger partial charge in [0, 0.05) is 19.0 Å². The van der Waals surface area contributed by atoms with Gasteiger partial charge in [-0.25, -0.2) is 0 Å². The number of halogens is 3. The van der Waals surface area contributed by atoms with E-state index in [-0.39, 0.29) is 68.8 Å². The van der Waals surface area contributed by atoms with Crippen LogP contribution in [0.3, 0.4) is 0 Å². The van der Waals surface area contributed by atoms with E-state index < -0.39 is 12.4 Å². The molecule has 1 saturated heterocycles. The van der Waals surface area contributed by atoms with Crippen LogP contribution >= 0.6 is 0 Å². The van der Waals surface area contributed by atoms with Crippen LogP contribution in [0.25, 0.3) is 0 Å². The summed E-state index contributed by atoms with van der Waals surface area (Å²) in [7, 11) is 0. The number of hydrogen-bond acceptors (Lipinski definition) is 3. The minimum absolute atomic E-state index is 0. The van der Waals surface area contributed by atoms with Crippen molar-refractivity contribution in [3.63, 3.8) is 0 Å². The quantitative estimate of drug-likeness (QED) is 0.710. The van der Waals surface area contributed by atoms with E-state index in [0.29, 0.717) is 13.0 Å². The Labute approximate surface area is 164 Å².